The van der Waals surface area contributed by atoms with E-state index in [1.54, 1.807) is 33.1 Å². The molecule has 0 bridgehead atoms. The highest BCUT2D eigenvalue weighted by atomic mass is 35.5. The van der Waals surface area contributed by atoms with Crippen molar-refractivity contribution in [1.82, 2.24) is 33.4 Å². The van der Waals surface area contributed by atoms with Crippen molar-refractivity contribution in [2.75, 3.05) is 7.11 Å². The lowest BCUT2D eigenvalue weighted by Crippen LogP contribution is -2.38. The molecule has 1 N–H and O–H groups in total. The summed E-state index contributed by atoms with van der Waals surface area (Å²) in [5.41, 5.74) is 1.67. The first-order valence-electron chi connectivity index (χ1n) is 12.5. The maximum atomic E-state index is 13.6. The van der Waals surface area contributed by atoms with Crippen molar-refractivity contribution >= 4 is 43.6 Å². The fourth-order valence-electron chi connectivity index (χ4n) is 5.01. The van der Waals surface area contributed by atoms with Crippen molar-refractivity contribution < 1.29 is 13.3 Å². The van der Waals surface area contributed by atoms with Gasteiger partial charge in [-0.05, 0) is 54.7 Å². The number of nitrogens with zero attached hydrogens (tertiary/aromatic N) is 6. The Hall–Kier alpha value is -3.78. The molecule has 208 valence electrons. The zero-order valence-electron chi connectivity index (χ0n) is 22.0. The third-order valence-corrected chi connectivity index (χ3v) is 8.67. The van der Waals surface area contributed by atoms with Crippen molar-refractivity contribution in [3.8, 4) is 11.4 Å². The summed E-state index contributed by atoms with van der Waals surface area (Å²) >= 11 is 6.30. The molecule has 5 aromatic rings. The second kappa shape index (κ2) is 9.70. The molecule has 1 fully saturated rings. The number of aromatic nitrogens is 6. The van der Waals surface area contributed by atoms with Gasteiger partial charge in [0.05, 0.1) is 24.9 Å². The summed E-state index contributed by atoms with van der Waals surface area (Å²) in [4.78, 5) is 37.9. The summed E-state index contributed by atoms with van der Waals surface area (Å²) in [7, 11) is 0.338. The Kier molecular flexibility index (Phi) is 6.41. The zero-order chi connectivity index (χ0) is 28.3. The average molecular weight is 584 g/mol. The molecule has 1 saturated carbocycles. The average Bonchev–Trinajstić information content (AvgIpc) is 3.54. The van der Waals surface area contributed by atoms with Gasteiger partial charge in [0.1, 0.15) is 16.0 Å². The normalized spacial score (nSPS) is 14.0. The SMILES string of the molecule is CONS(=O)(=O)c1cc(-c2c3c(=O)n(C)c(=O)n(CC4CC4)c3nn2Cc2ccnc3ccc(Cl)cc23)n(C)c1. The number of sulfonamides is 1. The van der Waals surface area contributed by atoms with Gasteiger partial charge in [0.2, 0.25) is 0 Å². The van der Waals surface area contributed by atoms with E-state index in [1.165, 1.54) is 26.4 Å². The van der Waals surface area contributed by atoms with Gasteiger partial charge in [-0.2, -0.15) is 5.10 Å². The second-order valence-corrected chi connectivity index (χ2v) is 12.1. The monoisotopic (exact) mass is 583 g/mol. The molecule has 0 unspecified atom stereocenters. The van der Waals surface area contributed by atoms with Gasteiger partial charge in [-0.1, -0.05) is 16.5 Å². The zero-order valence-corrected chi connectivity index (χ0v) is 23.5. The van der Waals surface area contributed by atoms with Crippen LogP contribution >= 0.6 is 11.6 Å². The molecule has 1 aromatic carbocycles. The maximum Gasteiger partial charge on any atom is 0.332 e. The maximum absolute atomic E-state index is 13.6. The summed E-state index contributed by atoms with van der Waals surface area (Å²) in [5.74, 6) is 0.338. The lowest BCUT2D eigenvalue weighted by molar-refractivity contribution is 0.153. The van der Waals surface area contributed by atoms with Crippen molar-refractivity contribution in [1.29, 1.82) is 0 Å². The van der Waals surface area contributed by atoms with E-state index in [-0.39, 0.29) is 22.5 Å². The van der Waals surface area contributed by atoms with Crippen molar-refractivity contribution in [2.45, 2.75) is 30.8 Å². The third kappa shape index (κ3) is 4.44. The molecule has 6 rings (SSSR count). The molecular formula is C26H26ClN7O5S. The molecule has 0 spiro atoms. The van der Waals surface area contributed by atoms with Crippen LogP contribution in [0.4, 0.5) is 0 Å². The molecule has 12 nitrogen and oxygen atoms in total. The summed E-state index contributed by atoms with van der Waals surface area (Å²) in [6, 6.07) is 8.68. The van der Waals surface area contributed by atoms with E-state index in [0.717, 1.165) is 33.9 Å². The molecule has 1 aliphatic carbocycles. The molecule has 0 aliphatic heterocycles. The Morgan fingerprint density at radius 3 is 2.65 bits per heavy atom. The summed E-state index contributed by atoms with van der Waals surface area (Å²) in [6.07, 6.45) is 5.10. The number of fused-ring (bicyclic) bond motifs is 2. The second-order valence-electron chi connectivity index (χ2n) is 10.00. The number of hydrogen-bond acceptors (Lipinski definition) is 7. The number of aryl methyl sites for hydroxylation is 1. The first-order chi connectivity index (χ1) is 19.1. The molecule has 40 heavy (non-hydrogen) atoms. The number of hydrogen-bond donors (Lipinski definition) is 1. The van der Waals surface area contributed by atoms with Crippen LogP contribution in [0, 0.1) is 5.92 Å². The van der Waals surface area contributed by atoms with Crippen LogP contribution in [0.1, 0.15) is 18.4 Å². The number of pyridine rings is 1. The van der Waals surface area contributed by atoms with Crippen LogP contribution < -0.4 is 16.1 Å². The Bertz CT molecular complexity index is 2040. The quantitative estimate of drug-likeness (QED) is 0.277. The smallest absolute Gasteiger partial charge is 0.332 e. The topological polar surface area (TPSA) is 135 Å². The van der Waals surface area contributed by atoms with Crippen LogP contribution in [0.2, 0.25) is 5.02 Å². The van der Waals surface area contributed by atoms with Gasteiger partial charge >= 0.3 is 5.69 Å². The van der Waals surface area contributed by atoms with Crippen molar-refractivity contribution in [3.63, 3.8) is 0 Å². The van der Waals surface area contributed by atoms with E-state index >= 15 is 0 Å². The van der Waals surface area contributed by atoms with E-state index in [0.29, 0.717) is 28.9 Å². The molecule has 1 aliphatic rings. The largest absolute Gasteiger partial charge is 0.348 e. The Balaban J connectivity index is 1.65. The van der Waals surface area contributed by atoms with Crippen LogP contribution in [0.15, 0.2) is 57.2 Å². The molecule has 0 saturated heterocycles. The minimum absolute atomic E-state index is 0.0583. The van der Waals surface area contributed by atoms with Crippen LogP contribution in [-0.2, 0) is 42.0 Å². The number of nitrogens with one attached hydrogen (secondary N) is 1. The van der Waals surface area contributed by atoms with Gasteiger partial charge < -0.3 is 4.57 Å². The Labute approximate surface area is 233 Å². The Morgan fingerprint density at radius 2 is 1.93 bits per heavy atom. The molecule has 4 aromatic heterocycles. The predicted octanol–water partition coefficient (Wildman–Crippen LogP) is 2.40. The molecule has 0 amide bonds. The fraction of sp³-hybridized carbons (Fsp3) is 0.308. The number of rotatable bonds is 8. The van der Waals surface area contributed by atoms with E-state index in [2.05, 4.69) is 9.82 Å². The Morgan fingerprint density at radius 1 is 1.15 bits per heavy atom. The van der Waals surface area contributed by atoms with Gasteiger partial charge in [-0.25, -0.2) is 13.2 Å². The van der Waals surface area contributed by atoms with Gasteiger partial charge in [0.25, 0.3) is 15.6 Å². The molecule has 0 atom stereocenters. The third-order valence-electron chi connectivity index (χ3n) is 7.20. The van der Waals surface area contributed by atoms with Crippen LogP contribution in [0.25, 0.3) is 33.3 Å². The van der Waals surface area contributed by atoms with Gasteiger partial charge in [0.15, 0.2) is 5.65 Å². The predicted molar refractivity (Wildman–Crippen MR) is 150 cm³/mol. The molecule has 4 heterocycles. The highest BCUT2D eigenvalue weighted by molar-refractivity contribution is 7.89. The van der Waals surface area contributed by atoms with E-state index < -0.39 is 21.3 Å². The van der Waals surface area contributed by atoms with E-state index in [1.807, 2.05) is 23.1 Å². The highest BCUT2D eigenvalue weighted by Gasteiger charge is 2.29. The summed E-state index contributed by atoms with van der Waals surface area (Å²) in [5, 5.41) is 6.39. The summed E-state index contributed by atoms with van der Waals surface area (Å²) in [6.45, 7) is 0.645. The van der Waals surface area contributed by atoms with Gasteiger partial charge in [0, 0.05) is 43.4 Å². The van der Waals surface area contributed by atoms with Crippen molar-refractivity contribution in [3.05, 3.63) is 74.1 Å². The highest BCUT2D eigenvalue weighted by Crippen LogP contribution is 2.33. The van der Waals surface area contributed by atoms with Gasteiger partial charge in [-0.15, -0.1) is 0 Å². The number of halogens is 1. The van der Waals surface area contributed by atoms with E-state index in [4.69, 9.17) is 16.7 Å². The van der Waals surface area contributed by atoms with Crippen molar-refractivity contribution in [2.24, 2.45) is 20.0 Å². The molecular weight excluding hydrogens is 558 g/mol. The van der Waals surface area contributed by atoms with Gasteiger partial charge in [-0.3, -0.25) is 28.4 Å². The minimum Gasteiger partial charge on any atom is -0.348 e. The van der Waals surface area contributed by atoms with Crippen LogP contribution in [0.3, 0.4) is 0 Å². The molecule has 0 radical (unpaired) electrons. The van der Waals surface area contributed by atoms with Crippen LogP contribution in [0.5, 0.6) is 0 Å². The first-order valence-corrected chi connectivity index (χ1v) is 14.4. The standard InChI is InChI=1S/C26H26ClN7O5S/c1-31-14-18(40(37,38)30-39-3)11-21(31)23-22-24(33(12-15-4-5-15)26(36)32(2)25(22)35)29-34(23)13-16-8-9-28-20-7-6-17(27)10-19(16)20/h6-11,14-15,30H,4-5,12-13H2,1-3H3. The van der Waals surface area contributed by atoms with E-state index in [9.17, 15) is 18.0 Å². The lowest BCUT2D eigenvalue weighted by Gasteiger charge is -2.11. The van der Waals surface area contributed by atoms with Crippen LogP contribution in [-0.4, -0.2) is 44.0 Å². The summed E-state index contributed by atoms with van der Waals surface area (Å²) < 4.78 is 31.3. The molecule has 14 heteroatoms. The number of benzene rings is 1. The first kappa shape index (κ1) is 26.4. The minimum atomic E-state index is -3.99. The fourth-order valence-corrected chi connectivity index (χ4v) is 6.06. The lowest BCUT2D eigenvalue weighted by atomic mass is 10.1.